The van der Waals surface area contributed by atoms with Crippen molar-refractivity contribution in [3.8, 4) is 16.9 Å². The molecule has 1 fully saturated rings. The van der Waals surface area contributed by atoms with Gasteiger partial charge in [0, 0.05) is 45.4 Å². The lowest BCUT2D eigenvalue weighted by molar-refractivity contribution is -0.133. The third-order valence-electron chi connectivity index (χ3n) is 7.47. The molecule has 9 nitrogen and oxygen atoms in total. The van der Waals surface area contributed by atoms with Crippen LogP contribution in [-0.4, -0.2) is 80.6 Å². The smallest absolute Gasteiger partial charge is 0.265 e. The van der Waals surface area contributed by atoms with Gasteiger partial charge < -0.3 is 19.7 Å². The fraction of sp³-hybridized carbons (Fsp3) is 0.323. The summed E-state index contributed by atoms with van der Waals surface area (Å²) in [4.78, 5) is 43.3. The van der Waals surface area contributed by atoms with Gasteiger partial charge in [-0.2, -0.15) is 0 Å². The van der Waals surface area contributed by atoms with Crippen molar-refractivity contribution in [1.29, 1.82) is 0 Å². The molecule has 1 unspecified atom stereocenters. The molecule has 2 heterocycles. The first-order valence-corrected chi connectivity index (χ1v) is 14.4. The van der Waals surface area contributed by atoms with E-state index in [2.05, 4.69) is 10.2 Å². The fourth-order valence-corrected chi connectivity index (χ4v) is 5.43. The van der Waals surface area contributed by atoms with Crippen LogP contribution in [0.2, 0.25) is 10.0 Å². The number of amides is 3. The Morgan fingerprint density at radius 1 is 0.976 bits per heavy atom. The molecule has 220 valence electrons. The van der Waals surface area contributed by atoms with Gasteiger partial charge in [-0.3, -0.25) is 24.2 Å². The molecule has 0 aromatic heterocycles. The van der Waals surface area contributed by atoms with E-state index in [4.69, 9.17) is 32.7 Å². The number of rotatable bonds is 8. The van der Waals surface area contributed by atoms with E-state index >= 15 is 0 Å². The molecule has 0 radical (unpaired) electrons. The van der Waals surface area contributed by atoms with Crippen molar-refractivity contribution in [2.24, 2.45) is 0 Å². The predicted molar refractivity (Wildman–Crippen MR) is 163 cm³/mol. The maximum Gasteiger partial charge on any atom is 0.265 e. The maximum absolute atomic E-state index is 13.7. The Balaban J connectivity index is 1.37. The number of hydrogen-bond donors (Lipinski definition) is 1. The summed E-state index contributed by atoms with van der Waals surface area (Å²) >= 11 is 12.4. The van der Waals surface area contributed by atoms with E-state index in [9.17, 15) is 14.4 Å². The number of likely N-dealkylation sites (N-methyl/N-ethyl adjacent to an activating group) is 1. The van der Waals surface area contributed by atoms with Crippen LogP contribution in [0, 0.1) is 0 Å². The zero-order valence-corrected chi connectivity index (χ0v) is 25.0. The van der Waals surface area contributed by atoms with Crippen LogP contribution in [0.5, 0.6) is 5.75 Å². The maximum atomic E-state index is 13.7. The van der Waals surface area contributed by atoms with Crippen LogP contribution in [-0.2, 0) is 19.1 Å². The normalized spacial score (nSPS) is 15.9. The minimum atomic E-state index is -0.332. The van der Waals surface area contributed by atoms with E-state index in [1.807, 2.05) is 48.5 Å². The number of nitrogens with zero attached hydrogens (tertiary/aromatic N) is 3. The number of benzene rings is 3. The van der Waals surface area contributed by atoms with Crippen LogP contribution < -0.4 is 15.0 Å². The average molecular weight is 612 g/mol. The summed E-state index contributed by atoms with van der Waals surface area (Å²) in [6, 6.07) is 18.6. The van der Waals surface area contributed by atoms with Crippen molar-refractivity contribution in [2.45, 2.75) is 13.0 Å². The summed E-state index contributed by atoms with van der Waals surface area (Å²) in [5.41, 5.74) is 4.15. The molecular formula is C31H32Cl2N4O5. The quantitative estimate of drug-likeness (QED) is 0.391. The van der Waals surface area contributed by atoms with Crippen LogP contribution in [0.1, 0.15) is 18.5 Å². The molecule has 0 aliphatic carbocycles. The first kappa shape index (κ1) is 29.8. The second-order valence-corrected chi connectivity index (χ2v) is 11.1. The molecule has 5 rings (SSSR count). The standard InChI is InChI=1S/C31H32Cl2N4O5/c1-20(38)34-24-9-7-22(8-10-24)21-3-5-23(6-4-21)28(17-36-11-13-41-14-12-36)35(2)30(39)18-37-27-15-25(32)26(33)16-29(27)42-19-31(37)40/h3-10,15-16,28H,11-14,17-19H2,1-2H3,(H,34,38). The van der Waals surface area contributed by atoms with Crippen molar-refractivity contribution < 1.29 is 23.9 Å². The molecule has 2 aliphatic rings. The average Bonchev–Trinajstić information content (AvgIpc) is 2.99. The third kappa shape index (κ3) is 6.87. The molecule has 0 saturated carbocycles. The van der Waals surface area contributed by atoms with Gasteiger partial charge in [0.15, 0.2) is 6.61 Å². The number of nitrogens with one attached hydrogen (secondary N) is 1. The molecule has 3 aromatic rings. The van der Waals surface area contributed by atoms with Gasteiger partial charge in [-0.05, 0) is 34.9 Å². The molecule has 3 amide bonds. The molecular weight excluding hydrogens is 579 g/mol. The van der Waals surface area contributed by atoms with E-state index in [0.29, 0.717) is 36.2 Å². The molecule has 1 saturated heterocycles. The van der Waals surface area contributed by atoms with Gasteiger partial charge in [0.25, 0.3) is 5.91 Å². The highest BCUT2D eigenvalue weighted by Crippen LogP contribution is 2.39. The van der Waals surface area contributed by atoms with Crippen molar-refractivity contribution >= 4 is 52.3 Å². The van der Waals surface area contributed by atoms with E-state index < -0.39 is 0 Å². The number of morpholine rings is 1. The first-order valence-electron chi connectivity index (χ1n) is 13.7. The van der Waals surface area contributed by atoms with Crippen molar-refractivity contribution in [2.75, 3.05) is 63.3 Å². The van der Waals surface area contributed by atoms with Crippen LogP contribution in [0.3, 0.4) is 0 Å². The monoisotopic (exact) mass is 610 g/mol. The van der Waals surface area contributed by atoms with Gasteiger partial charge >= 0.3 is 0 Å². The molecule has 2 aliphatic heterocycles. The SMILES string of the molecule is CC(=O)Nc1ccc(-c2ccc(C(CN3CCOCC3)N(C)C(=O)CN3C(=O)COc4cc(Cl)c(Cl)cc43)cc2)cc1. The Hall–Kier alpha value is -3.63. The zero-order chi connectivity index (χ0) is 29.8. The molecule has 0 spiro atoms. The second-order valence-electron chi connectivity index (χ2n) is 10.3. The van der Waals surface area contributed by atoms with Crippen LogP contribution in [0.4, 0.5) is 11.4 Å². The highest BCUT2D eigenvalue weighted by molar-refractivity contribution is 6.42. The van der Waals surface area contributed by atoms with Gasteiger partial charge in [-0.15, -0.1) is 0 Å². The number of carbonyl (C=O) groups is 3. The lowest BCUT2D eigenvalue weighted by atomic mass is 9.99. The van der Waals surface area contributed by atoms with Crippen molar-refractivity contribution in [3.05, 3.63) is 76.3 Å². The lowest BCUT2D eigenvalue weighted by Crippen LogP contribution is -2.48. The van der Waals surface area contributed by atoms with Gasteiger partial charge in [0.2, 0.25) is 11.8 Å². The summed E-state index contributed by atoms with van der Waals surface area (Å²) in [7, 11) is 1.77. The highest BCUT2D eigenvalue weighted by Gasteiger charge is 2.32. The Labute approximate surface area is 254 Å². The summed E-state index contributed by atoms with van der Waals surface area (Å²) in [6.45, 7) is 4.56. The minimum Gasteiger partial charge on any atom is -0.482 e. The van der Waals surface area contributed by atoms with E-state index in [1.54, 1.807) is 24.1 Å². The Morgan fingerprint density at radius 2 is 1.60 bits per heavy atom. The van der Waals surface area contributed by atoms with E-state index in [-0.39, 0.29) is 41.9 Å². The molecule has 42 heavy (non-hydrogen) atoms. The third-order valence-corrected chi connectivity index (χ3v) is 8.19. The number of anilines is 2. The zero-order valence-electron chi connectivity index (χ0n) is 23.4. The highest BCUT2D eigenvalue weighted by atomic mass is 35.5. The van der Waals surface area contributed by atoms with Gasteiger partial charge in [0.05, 0.1) is 35.0 Å². The number of halogens is 2. The number of carbonyl (C=O) groups excluding carboxylic acids is 3. The molecule has 11 heteroatoms. The van der Waals surface area contributed by atoms with Gasteiger partial charge in [-0.1, -0.05) is 59.6 Å². The number of ether oxygens (including phenoxy) is 2. The van der Waals surface area contributed by atoms with Crippen LogP contribution in [0.25, 0.3) is 11.1 Å². The van der Waals surface area contributed by atoms with Crippen molar-refractivity contribution in [1.82, 2.24) is 9.80 Å². The van der Waals surface area contributed by atoms with E-state index in [1.165, 1.54) is 11.8 Å². The molecule has 3 aromatic carbocycles. The fourth-order valence-electron chi connectivity index (χ4n) is 5.12. The second kappa shape index (κ2) is 13.1. The Kier molecular flexibility index (Phi) is 9.33. The van der Waals surface area contributed by atoms with Crippen LogP contribution in [0.15, 0.2) is 60.7 Å². The van der Waals surface area contributed by atoms with Crippen LogP contribution >= 0.6 is 23.2 Å². The van der Waals surface area contributed by atoms with Gasteiger partial charge in [0.1, 0.15) is 12.3 Å². The first-order chi connectivity index (χ1) is 20.2. The van der Waals surface area contributed by atoms with E-state index in [0.717, 1.165) is 35.5 Å². The Morgan fingerprint density at radius 3 is 2.24 bits per heavy atom. The number of hydrogen-bond acceptors (Lipinski definition) is 6. The lowest BCUT2D eigenvalue weighted by Gasteiger charge is -2.37. The predicted octanol–water partition coefficient (Wildman–Crippen LogP) is 4.88. The largest absolute Gasteiger partial charge is 0.482 e. The summed E-state index contributed by atoms with van der Waals surface area (Å²) in [6.07, 6.45) is 0. The molecule has 1 N–H and O–H groups in total. The van der Waals surface area contributed by atoms with Crippen molar-refractivity contribution in [3.63, 3.8) is 0 Å². The topological polar surface area (TPSA) is 91.4 Å². The Bertz CT molecular complexity index is 1460. The molecule has 0 bridgehead atoms. The van der Waals surface area contributed by atoms with Gasteiger partial charge in [-0.25, -0.2) is 0 Å². The minimum absolute atomic E-state index is 0.118. The summed E-state index contributed by atoms with van der Waals surface area (Å²) < 4.78 is 11.1. The molecule has 1 atom stereocenters. The summed E-state index contributed by atoms with van der Waals surface area (Å²) in [5, 5.41) is 3.36. The summed E-state index contributed by atoms with van der Waals surface area (Å²) in [5.74, 6) is -0.267. The number of fused-ring (bicyclic) bond motifs is 1.